The van der Waals surface area contributed by atoms with Gasteiger partial charge in [-0.05, 0) is 18.1 Å². The summed E-state index contributed by atoms with van der Waals surface area (Å²) < 4.78 is 0. The van der Waals surface area contributed by atoms with Gasteiger partial charge in [-0.2, -0.15) is 5.26 Å². The first kappa shape index (κ1) is 15.3. The van der Waals surface area contributed by atoms with Crippen LogP contribution in [0.15, 0.2) is 60.7 Å². The predicted octanol–water partition coefficient (Wildman–Crippen LogP) is 3.87. The second kappa shape index (κ2) is 5.71. The molecule has 0 saturated carbocycles. The molecule has 0 aliphatic rings. The van der Waals surface area contributed by atoms with E-state index in [2.05, 4.69) is 19.9 Å². The Bertz CT molecular complexity index is 582. The van der Waals surface area contributed by atoms with Crippen LogP contribution in [0.3, 0.4) is 0 Å². The maximum absolute atomic E-state index is 10.2. The third kappa shape index (κ3) is 2.34. The van der Waals surface area contributed by atoms with E-state index >= 15 is 0 Å². The van der Waals surface area contributed by atoms with E-state index in [0.29, 0.717) is 0 Å². The van der Waals surface area contributed by atoms with Gasteiger partial charge in [0.05, 0.1) is 6.07 Å². The highest BCUT2D eigenvalue weighted by Gasteiger charge is 2.50. The lowest BCUT2D eigenvalue weighted by Gasteiger charge is -2.45. The fourth-order valence-corrected chi connectivity index (χ4v) is 2.90. The molecule has 21 heavy (non-hydrogen) atoms. The number of nitrogens with two attached hydrogens (primary N) is 1. The molecule has 0 aliphatic carbocycles. The largest absolute Gasteiger partial charge is 0.327 e. The average molecular weight is 278 g/mol. The van der Waals surface area contributed by atoms with Gasteiger partial charge >= 0.3 is 0 Å². The molecule has 108 valence electrons. The Hall–Kier alpha value is -2.11. The van der Waals surface area contributed by atoms with Crippen molar-refractivity contribution in [2.45, 2.75) is 32.2 Å². The quantitative estimate of drug-likeness (QED) is 0.923. The van der Waals surface area contributed by atoms with Crippen molar-refractivity contribution in [2.24, 2.45) is 11.1 Å². The minimum atomic E-state index is -0.774. The first-order valence-corrected chi connectivity index (χ1v) is 7.24. The summed E-state index contributed by atoms with van der Waals surface area (Å²) in [5, 5.41) is 10.2. The highest BCUT2D eigenvalue weighted by atomic mass is 14.7. The first-order chi connectivity index (χ1) is 9.96. The van der Waals surface area contributed by atoms with Gasteiger partial charge in [0.25, 0.3) is 0 Å². The standard InChI is InChI=1S/C19H22N2/c1-15(21)18(2,3)19(14-20,16-10-6-4-7-11-16)17-12-8-5-9-13-17/h4-13,15H,21H2,1-3H3. The Labute approximate surface area is 127 Å². The lowest BCUT2D eigenvalue weighted by molar-refractivity contribution is 0.210. The Morgan fingerprint density at radius 3 is 1.57 bits per heavy atom. The van der Waals surface area contributed by atoms with Crippen molar-refractivity contribution in [3.8, 4) is 6.07 Å². The minimum Gasteiger partial charge on any atom is -0.327 e. The van der Waals surface area contributed by atoms with Crippen LogP contribution in [-0.4, -0.2) is 6.04 Å². The zero-order valence-corrected chi connectivity index (χ0v) is 12.9. The van der Waals surface area contributed by atoms with Gasteiger partial charge in [0, 0.05) is 11.5 Å². The molecule has 0 aromatic heterocycles. The van der Waals surface area contributed by atoms with E-state index in [1.807, 2.05) is 67.6 Å². The van der Waals surface area contributed by atoms with Crippen molar-refractivity contribution in [1.29, 1.82) is 5.26 Å². The van der Waals surface area contributed by atoms with Gasteiger partial charge in [-0.3, -0.25) is 0 Å². The van der Waals surface area contributed by atoms with Gasteiger partial charge in [-0.15, -0.1) is 0 Å². The van der Waals surface area contributed by atoms with Crippen LogP contribution in [0.5, 0.6) is 0 Å². The lowest BCUT2D eigenvalue weighted by atomic mass is 9.56. The number of benzene rings is 2. The molecule has 1 atom stereocenters. The van der Waals surface area contributed by atoms with Crippen molar-refractivity contribution >= 4 is 0 Å². The van der Waals surface area contributed by atoms with Gasteiger partial charge in [0.1, 0.15) is 5.41 Å². The molecule has 0 saturated heterocycles. The van der Waals surface area contributed by atoms with Crippen LogP contribution in [-0.2, 0) is 5.41 Å². The molecule has 0 radical (unpaired) electrons. The molecule has 1 unspecified atom stereocenters. The van der Waals surface area contributed by atoms with E-state index in [1.54, 1.807) is 0 Å². The van der Waals surface area contributed by atoms with E-state index < -0.39 is 10.8 Å². The number of hydrogen-bond acceptors (Lipinski definition) is 2. The molecule has 2 nitrogen and oxygen atoms in total. The van der Waals surface area contributed by atoms with Crippen molar-refractivity contribution in [3.63, 3.8) is 0 Å². The van der Waals surface area contributed by atoms with E-state index in [1.165, 1.54) is 0 Å². The lowest BCUT2D eigenvalue weighted by Crippen LogP contribution is -2.51. The summed E-state index contributed by atoms with van der Waals surface area (Å²) in [5.74, 6) is 0. The molecule has 0 heterocycles. The van der Waals surface area contributed by atoms with Crippen molar-refractivity contribution < 1.29 is 0 Å². The van der Waals surface area contributed by atoms with Crippen LogP contribution in [0.4, 0.5) is 0 Å². The molecule has 0 bridgehead atoms. The SMILES string of the molecule is CC(N)C(C)(C)C(C#N)(c1ccccc1)c1ccccc1. The third-order valence-corrected chi connectivity index (χ3v) is 4.69. The predicted molar refractivity (Wildman–Crippen MR) is 86.7 cm³/mol. The molecular weight excluding hydrogens is 256 g/mol. The molecule has 0 fully saturated rings. The van der Waals surface area contributed by atoms with Crippen LogP contribution < -0.4 is 5.73 Å². The van der Waals surface area contributed by atoms with E-state index in [9.17, 15) is 5.26 Å². The summed E-state index contributed by atoms with van der Waals surface area (Å²) in [6.45, 7) is 6.11. The highest BCUT2D eigenvalue weighted by Crippen LogP contribution is 2.48. The van der Waals surface area contributed by atoms with Crippen LogP contribution in [0.2, 0.25) is 0 Å². The summed E-state index contributed by atoms with van der Waals surface area (Å²) in [6, 6.07) is 22.4. The van der Waals surface area contributed by atoms with Crippen LogP contribution in [0.1, 0.15) is 31.9 Å². The van der Waals surface area contributed by atoms with E-state index in [-0.39, 0.29) is 6.04 Å². The second-order valence-electron chi connectivity index (χ2n) is 6.10. The summed E-state index contributed by atoms with van der Waals surface area (Å²) in [7, 11) is 0. The zero-order chi connectivity index (χ0) is 15.5. The molecule has 0 spiro atoms. The normalized spacial score (nSPS) is 13.5. The molecular formula is C19H22N2. The van der Waals surface area contributed by atoms with Crippen molar-refractivity contribution in [2.75, 3.05) is 0 Å². The fourth-order valence-electron chi connectivity index (χ4n) is 2.90. The summed E-state index contributed by atoms with van der Waals surface area (Å²) in [6.07, 6.45) is 0. The molecule has 2 rings (SSSR count). The molecule has 0 amide bonds. The minimum absolute atomic E-state index is 0.127. The molecule has 2 aromatic carbocycles. The molecule has 2 heteroatoms. The monoisotopic (exact) mass is 278 g/mol. The van der Waals surface area contributed by atoms with E-state index in [4.69, 9.17) is 5.73 Å². The Morgan fingerprint density at radius 1 is 0.905 bits per heavy atom. The average Bonchev–Trinajstić information content (AvgIpc) is 2.50. The van der Waals surface area contributed by atoms with Gasteiger partial charge in [0.2, 0.25) is 0 Å². The summed E-state index contributed by atoms with van der Waals surface area (Å²) in [4.78, 5) is 0. The number of rotatable bonds is 4. The topological polar surface area (TPSA) is 49.8 Å². The Morgan fingerprint density at radius 2 is 1.29 bits per heavy atom. The van der Waals surface area contributed by atoms with Crippen LogP contribution in [0, 0.1) is 16.7 Å². The number of nitrogens with zero attached hydrogens (tertiary/aromatic N) is 1. The Balaban J connectivity index is 2.79. The van der Waals surface area contributed by atoms with Crippen LogP contribution >= 0.6 is 0 Å². The third-order valence-electron chi connectivity index (χ3n) is 4.69. The Kier molecular flexibility index (Phi) is 4.16. The van der Waals surface area contributed by atoms with Gasteiger partial charge in [-0.1, -0.05) is 74.5 Å². The van der Waals surface area contributed by atoms with Gasteiger partial charge in [-0.25, -0.2) is 0 Å². The van der Waals surface area contributed by atoms with Gasteiger partial charge < -0.3 is 5.73 Å². The first-order valence-electron chi connectivity index (χ1n) is 7.24. The maximum Gasteiger partial charge on any atom is 0.114 e. The number of nitriles is 1. The second-order valence-corrected chi connectivity index (χ2v) is 6.10. The highest BCUT2D eigenvalue weighted by molar-refractivity contribution is 5.49. The van der Waals surface area contributed by atoms with Gasteiger partial charge in [0.15, 0.2) is 0 Å². The van der Waals surface area contributed by atoms with Crippen LogP contribution in [0.25, 0.3) is 0 Å². The smallest absolute Gasteiger partial charge is 0.114 e. The maximum atomic E-state index is 10.2. The molecule has 2 aromatic rings. The van der Waals surface area contributed by atoms with Crippen molar-refractivity contribution in [1.82, 2.24) is 0 Å². The van der Waals surface area contributed by atoms with Crippen molar-refractivity contribution in [3.05, 3.63) is 71.8 Å². The molecule has 0 aliphatic heterocycles. The summed E-state index contributed by atoms with van der Waals surface area (Å²) in [5.41, 5.74) is 7.04. The summed E-state index contributed by atoms with van der Waals surface area (Å²) >= 11 is 0. The number of hydrogen-bond donors (Lipinski definition) is 1. The molecule has 2 N–H and O–H groups in total. The van der Waals surface area contributed by atoms with E-state index in [0.717, 1.165) is 11.1 Å². The fraction of sp³-hybridized carbons (Fsp3) is 0.316. The zero-order valence-electron chi connectivity index (χ0n) is 12.9.